The molecule has 0 unspecified atom stereocenters. The number of imidazole rings is 1. The second kappa shape index (κ2) is 13.3. The monoisotopic (exact) mass is 641 g/mol. The summed E-state index contributed by atoms with van der Waals surface area (Å²) in [5.74, 6) is -1.34. The maximum atomic E-state index is 13.8. The molecule has 0 bridgehead atoms. The predicted octanol–water partition coefficient (Wildman–Crippen LogP) is 5.51. The van der Waals surface area contributed by atoms with Crippen molar-refractivity contribution in [2.75, 3.05) is 51.2 Å². The van der Waals surface area contributed by atoms with Crippen molar-refractivity contribution in [2.24, 2.45) is 5.41 Å². The van der Waals surface area contributed by atoms with Crippen LogP contribution in [-0.4, -0.2) is 77.8 Å². The van der Waals surface area contributed by atoms with Gasteiger partial charge in [-0.15, -0.1) is 0 Å². The molecule has 2 N–H and O–H groups in total. The molecule has 1 aliphatic rings. The summed E-state index contributed by atoms with van der Waals surface area (Å²) >= 11 is 0. The molecule has 0 atom stereocenters. The number of esters is 1. The van der Waals surface area contributed by atoms with Gasteiger partial charge in [-0.3, -0.25) is 15.1 Å². The molecule has 1 fully saturated rings. The Labute approximate surface area is 262 Å². The molecule has 1 amide bonds. The van der Waals surface area contributed by atoms with Gasteiger partial charge in [-0.1, -0.05) is 12.8 Å². The lowest BCUT2D eigenvalue weighted by Gasteiger charge is -2.34. The van der Waals surface area contributed by atoms with E-state index in [9.17, 15) is 22.8 Å². The summed E-state index contributed by atoms with van der Waals surface area (Å²) in [5.41, 5.74) is 0.559. The second-order valence-electron chi connectivity index (χ2n) is 11.2. The molecule has 1 aliphatic carbocycles. The maximum absolute atomic E-state index is 13.8. The van der Waals surface area contributed by atoms with Gasteiger partial charge in [0.15, 0.2) is 5.65 Å². The standard InChI is InChI=1S/C31H34F3N7O5/c1-5-46-24-13-19(12-23(37-24)31(32,33)34)21-14-22(41(2)16-30(17-44-3)10-6-7-11-30)25-26(36-21)39-29(38-25)40-27(42)20-9-8-18(15-35-20)28(43)45-4/h8-9,12-15H,5-7,10-11,16-17H2,1-4H3,(H2,36,38,39,40,42). The Balaban J connectivity index is 1.57. The van der Waals surface area contributed by atoms with Crippen LogP contribution >= 0.6 is 0 Å². The molecular weight excluding hydrogens is 607 g/mol. The van der Waals surface area contributed by atoms with Gasteiger partial charge < -0.3 is 24.1 Å². The number of nitrogens with zero attached hydrogens (tertiary/aromatic N) is 5. The Morgan fingerprint density at radius 2 is 1.85 bits per heavy atom. The first-order chi connectivity index (χ1) is 21.9. The van der Waals surface area contributed by atoms with Crippen molar-refractivity contribution < 1.29 is 37.0 Å². The van der Waals surface area contributed by atoms with Crippen molar-refractivity contribution in [3.05, 3.63) is 53.5 Å². The SMILES string of the molecule is CCOc1cc(-c2cc(N(C)CC3(COC)CCCC3)c3[nH]c(NC(=O)c4ccc(C(=O)OC)cn4)nc3n2)cc(C(F)(F)F)n1. The quantitative estimate of drug-likeness (QED) is 0.201. The summed E-state index contributed by atoms with van der Waals surface area (Å²) < 4.78 is 57.0. The lowest BCUT2D eigenvalue weighted by molar-refractivity contribution is -0.141. The average Bonchev–Trinajstić information content (AvgIpc) is 3.66. The third-order valence-corrected chi connectivity index (χ3v) is 7.87. The van der Waals surface area contributed by atoms with Crippen LogP contribution in [0.2, 0.25) is 0 Å². The van der Waals surface area contributed by atoms with Crippen LogP contribution in [0, 0.1) is 5.41 Å². The molecule has 46 heavy (non-hydrogen) atoms. The van der Waals surface area contributed by atoms with Crippen molar-refractivity contribution in [3.63, 3.8) is 0 Å². The fourth-order valence-electron chi connectivity index (χ4n) is 5.81. The van der Waals surface area contributed by atoms with Crippen molar-refractivity contribution >= 4 is 34.7 Å². The van der Waals surface area contributed by atoms with Gasteiger partial charge >= 0.3 is 12.1 Å². The molecule has 0 aromatic carbocycles. The van der Waals surface area contributed by atoms with Crippen LogP contribution in [0.3, 0.4) is 0 Å². The number of pyridine rings is 3. The number of rotatable bonds is 11. The number of H-pyrrole nitrogens is 1. The van der Waals surface area contributed by atoms with Crippen molar-refractivity contribution in [1.82, 2.24) is 24.9 Å². The smallest absolute Gasteiger partial charge is 0.433 e. The highest BCUT2D eigenvalue weighted by Gasteiger charge is 2.36. The van der Waals surface area contributed by atoms with Gasteiger partial charge in [0.2, 0.25) is 11.8 Å². The van der Waals surface area contributed by atoms with Crippen LogP contribution < -0.4 is 15.0 Å². The summed E-state index contributed by atoms with van der Waals surface area (Å²) in [4.78, 5) is 46.5. The summed E-state index contributed by atoms with van der Waals surface area (Å²) in [5, 5.41) is 2.65. The number of aromatic nitrogens is 5. The van der Waals surface area contributed by atoms with Crippen LogP contribution in [0.5, 0.6) is 5.88 Å². The van der Waals surface area contributed by atoms with E-state index in [1.165, 1.54) is 31.5 Å². The largest absolute Gasteiger partial charge is 0.478 e. The average molecular weight is 642 g/mol. The minimum absolute atomic E-state index is 0.0155. The number of halogens is 3. The molecule has 4 heterocycles. The van der Waals surface area contributed by atoms with Crippen LogP contribution in [0.1, 0.15) is 59.1 Å². The fourth-order valence-corrected chi connectivity index (χ4v) is 5.81. The van der Waals surface area contributed by atoms with Crippen LogP contribution in [-0.2, 0) is 15.7 Å². The lowest BCUT2D eigenvalue weighted by Crippen LogP contribution is -2.37. The Morgan fingerprint density at radius 1 is 1.09 bits per heavy atom. The Hall–Kier alpha value is -4.79. The van der Waals surface area contributed by atoms with E-state index in [0.29, 0.717) is 24.4 Å². The number of anilines is 2. The van der Waals surface area contributed by atoms with Gasteiger partial charge in [0.1, 0.15) is 16.9 Å². The Morgan fingerprint density at radius 3 is 2.48 bits per heavy atom. The zero-order valence-electron chi connectivity index (χ0n) is 25.8. The van der Waals surface area contributed by atoms with Crippen LogP contribution in [0.15, 0.2) is 36.5 Å². The van der Waals surface area contributed by atoms with Gasteiger partial charge in [0.05, 0.1) is 37.3 Å². The number of ether oxygens (including phenoxy) is 3. The molecule has 12 nitrogen and oxygen atoms in total. The van der Waals surface area contributed by atoms with Gasteiger partial charge in [0.25, 0.3) is 5.91 Å². The number of carbonyl (C=O) groups excluding carboxylic acids is 2. The third kappa shape index (κ3) is 7.03. The molecule has 244 valence electrons. The number of carbonyl (C=O) groups is 2. The molecule has 5 rings (SSSR count). The van der Waals surface area contributed by atoms with Crippen LogP contribution in [0.4, 0.5) is 24.8 Å². The first-order valence-corrected chi connectivity index (χ1v) is 14.6. The predicted molar refractivity (Wildman–Crippen MR) is 163 cm³/mol. The number of methoxy groups -OCH3 is 2. The molecule has 0 spiro atoms. The van der Waals surface area contributed by atoms with E-state index in [1.54, 1.807) is 20.1 Å². The van der Waals surface area contributed by atoms with E-state index < -0.39 is 23.7 Å². The number of amides is 1. The van der Waals surface area contributed by atoms with Crippen molar-refractivity contribution in [3.8, 4) is 17.1 Å². The van der Waals surface area contributed by atoms with E-state index in [4.69, 9.17) is 9.47 Å². The number of aromatic amines is 1. The Bertz CT molecular complexity index is 1720. The normalized spacial score (nSPS) is 14.3. The number of hydrogen-bond acceptors (Lipinski definition) is 10. The van der Waals surface area contributed by atoms with Crippen molar-refractivity contribution in [1.29, 1.82) is 0 Å². The first-order valence-electron chi connectivity index (χ1n) is 14.6. The summed E-state index contributed by atoms with van der Waals surface area (Å²) in [6.45, 7) is 2.94. The third-order valence-electron chi connectivity index (χ3n) is 7.87. The molecule has 0 radical (unpaired) electrons. The van der Waals surface area contributed by atoms with E-state index >= 15 is 0 Å². The second-order valence-corrected chi connectivity index (χ2v) is 11.2. The highest BCUT2D eigenvalue weighted by molar-refractivity contribution is 6.03. The van der Waals surface area contributed by atoms with Gasteiger partial charge in [-0.05, 0) is 44.0 Å². The zero-order valence-corrected chi connectivity index (χ0v) is 25.8. The zero-order chi connectivity index (χ0) is 33.1. The summed E-state index contributed by atoms with van der Waals surface area (Å²) in [6, 6.07) is 6.78. The first kappa shape index (κ1) is 32.6. The van der Waals surface area contributed by atoms with Crippen LogP contribution in [0.25, 0.3) is 22.4 Å². The number of hydrogen-bond donors (Lipinski definition) is 2. The topological polar surface area (TPSA) is 144 Å². The highest BCUT2D eigenvalue weighted by Crippen LogP contribution is 2.41. The van der Waals surface area contributed by atoms with Crippen molar-refractivity contribution in [2.45, 2.75) is 38.8 Å². The Kier molecular flexibility index (Phi) is 9.42. The number of alkyl halides is 3. The van der Waals surface area contributed by atoms with E-state index in [1.807, 2.05) is 11.9 Å². The van der Waals surface area contributed by atoms with Gasteiger partial charge in [-0.2, -0.15) is 18.2 Å². The molecule has 1 saturated carbocycles. The lowest BCUT2D eigenvalue weighted by atomic mass is 9.86. The maximum Gasteiger partial charge on any atom is 0.433 e. The molecule has 4 aromatic rings. The van der Waals surface area contributed by atoms with Gasteiger partial charge in [-0.25, -0.2) is 14.8 Å². The van der Waals surface area contributed by atoms with E-state index in [-0.39, 0.29) is 52.0 Å². The minimum Gasteiger partial charge on any atom is -0.478 e. The molecule has 4 aromatic heterocycles. The highest BCUT2D eigenvalue weighted by atomic mass is 19.4. The number of nitrogens with one attached hydrogen (secondary N) is 2. The molecule has 0 aliphatic heterocycles. The number of fused-ring (bicyclic) bond motifs is 1. The van der Waals surface area contributed by atoms with E-state index in [2.05, 4.69) is 35.0 Å². The fraction of sp³-hybridized carbons (Fsp3) is 0.419. The molecular formula is C31H34F3N7O5. The van der Waals surface area contributed by atoms with E-state index in [0.717, 1.165) is 31.7 Å². The molecule has 0 saturated heterocycles. The minimum atomic E-state index is -4.71. The molecule has 15 heteroatoms. The summed E-state index contributed by atoms with van der Waals surface area (Å²) in [6.07, 6.45) is 0.582. The summed E-state index contributed by atoms with van der Waals surface area (Å²) in [7, 11) is 4.80. The van der Waals surface area contributed by atoms with Gasteiger partial charge in [0, 0.05) is 43.9 Å².